The van der Waals surface area contributed by atoms with Crippen LogP contribution >= 0.6 is 0 Å². The number of H-pyrrole nitrogens is 1. The van der Waals surface area contributed by atoms with Gasteiger partial charge in [-0.2, -0.15) is 4.68 Å². The molecule has 2 aromatic carbocycles. The third-order valence-corrected chi connectivity index (χ3v) is 5.15. The van der Waals surface area contributed by atoms with Crippen LogP contribution in [0.1, 0.15) is 16.8 Å². The van der Waals surface area contributed by atoms with Gasteiger partial charge >= 0.3 is 5.69 Å². The maximum atomic E-state index is 12.1. The minimum atomic E-state index is -0.110. The van der Waals surface area contributed by atoms with Gasteiger partial charge in [-0.15, -0.1) is 0 Å². The van der Waals surface area contributed by atoms with Gasteiger partial charge in [0.15, 0.2) is 0 Å². The summed E-state index contributed by atoms with van der Waals surface area (Å²) in [6.07, 6.45) is 0. The first kappa shape index (κ1) is 19.6. The van der Waals surface area contributed by atoms with Gasteiger partial charge in [0.25, 0.3) is 0 Å². The first-order valence-electron chi connectivity index (χ1n) is 9.66. The number of nitrogens with zero attached hydrogens (tertiary/aromatic N) is 3. The van der Waals surface area contributed by atoms with E-state index in [9.17, 15) is 4.79 Å². The minimum Gasteiger partial charge on any atom is -0.496 e. The summed E-state index contributed by atoms with van der Waals surface area (Å²) in [6.45, 7) is 4.25. The summed E-state index contributed by atoms with van der Waals surface area (Å²) >= 11 is 0. The lowest BCUT2D eigenvalue weighted by Gasteiger charge is -2.19. The molecule has 0 amide bonds. The van der Waals surface area contributed by atoms with Gasteiger partial charge in [-0.3, -0.25) is 0 Å². The van der Waals surface area contributed by atoms with E-state index < -0.39 is 0 Å². The van der Waals surface area contributed by atoms with Crippen molar-refractivity contribution in [3.63, 3.8) is 0 Å². The summed E-state index contributed by atoms with van der Waals surface area (Å²) in [5.41, 5.74) is 5.21. The van der Waals surface area contributed by atoms with E-state index in [1.54, 1.807) is 14.2 Å². The molecule has 0 saturated carbocycles. The highest BCUT2D eigenvalue weighted by atomic mass is 16.5. The van der Waals surface area contributed by atoms with Crippen LogP contribution in [0, 0.1) is 13.8 Å². The number of nitrogens with one attached hydrogen (secondary N) is 1. The van der Waals surface area contributed by atoms with Gasteiger partial charge in [0.05, 0.1) is 24.2 Å². The van der Waals surface area contributed by atoms with Gasteiger partial charge in [-0.1, -0.05) is 24.3 Å². The number of benzene rings is 2. The Labute approximate surface area is 174 Å². The number of methoxy groups -OCH3 is 1. The number of pyridine rings is 1. The molecule has 30 heavy (non-hydrogen) atoms. The van der Waals surface area contributed by atoms with Gasteiger partial charge in [-0.25, -0.2) is 19.7 Å². The molecule has 4 aromatic rings. The number of hydrogen-bond acceptors (Lipinski definition) is 4. The summed E-state index contributed by atoms with van der Waals surface area (Å²) in [6, 6.07) is 17.5. The van der Waals surface area contributed by atoms with Crippen molar-refractivity contribution in [3.8, 4) is 28.4 Å². The van der Waals surface area contributed by atoms with Crippen LogP contribution in [0.15, 0.2) is 59.4 Å². The predicted molar refractivity (Wildman–Crippen MR) is 115 cm³/mol. The zero-order valence-corrected chi connectivity index (χ0v) is 17.5. The van der Waals surface area contributed by atoms with Crippen LogP contribution in [-0.4, -0.2) is 26.7 Å². The molecule has 2 heterocycles. The molecule has 0 unspecified atom stereocenters. The van der Waals surface area contributed by atoms with E-state index in [1.807, 2.05) is 68.4 Å². The molecule has 7 heteroatoms. The van der Waals surface area contributed by atoms with Gasteiger partial charge in [0.2, 0.25) is 0 Å². The highest BCUT2D eigenvalue weighted by molar-refractivity contribution is 5.67. The Morgan fingerprint density at radius 2 is 1.80 bits per heavy atom. The highest BCUT2D eigenvalue weighted by Gasteiger charge is 2.15. The molecule has 7 nitrogen and oxygen atoms in total. The Morgan fingerprint density at radius 3 is 2.50 bits per heavy atom. The lowest BCUT2D eigenvalue weighted by atomic mass is 10.1. The zero-order chi connectivity index (χ0) is 21.3. The van der Waals surface area contributed by atoms with E-state index in [2.05, 4.69) is 5.21 Å². The van der Waals surface area contributed by atoms with Gasteiger partial charge < -0.3 is 9.47 Å². The Bertz CT molecular complexity index is 1250. The quantitative estimate of drug-likeness (QED) is 0.531. The lowest BCUT2D eigenvalue weighted by molar-refractivity contribution is 0.300. The van der Waals surface area contributed by atoms with Crippen LogP contribution in [-0.2, 0) is 13.7 Å². The van der Waals surface area contributed by atoms with Crippen LogP contribution in [0.4, 0.5) is 0 Å². The molecule has 0 radical (unpaired) electrons. The maximum absolute atomic E-state index is 12.1. The number of aryl methyl sites for hydroxylation is 3. The zero-order valence-electron chi connectivity index (χ0n) is 17.5. The van der Waals surface area contributed by atoms with Gasteiger partial charge in [0.1, 0.15) is 18.1 Å². The van der Waals surface area contributed by atoms with Crippen LogP contribution in [0.25, 0.3) is 16.9 Å². The smallest absolute Gasteiger partial charge is 0.364 e. The highest BCUT2D eigenvalue weighted by Crippen LogP contribution is 2.30. The molecular formula is C23H24N4O3. The third kappa shape index (κ3) is 3.50. The van der Waals surface area contributed by atoms with Crippen molar-refractivity contribution in [1.29, 1.82) is 0 Å². The van der Waals surface area contributed by atoms with Crippen LogP contribution in [0.2, 0.25) is 0 Å². The van der Waals surface area contributed by atoms with Crippen molar-refractivity contribution in [3.05, 3.63) is 81.9 Å². The molecular weight excluding hydrogens is 380 g/mol. The van der Waals surface area contributed by atoms with Crippen molar-refractivity contribution >= 4 is 0 Å². The standard InChI is InChI=1S/C23H24N4O3/c1-15-8-7-10-20(27-23(28)26(3)25-27)18(15)14-30-21-13-12-19(24-16(21)2)17-9-5-6-11-22(17)29-4/h5-13,25H,14H2,1-4H3. The number of para-hydroxylation sites is 1. The van der Waals surface area contributed by atoms with Crippen molar-refractivity contribution in [1.82, 2.24) is 19.6 Å². The minimum absolute atomic E-state index is 0.110. The van der Waals surface area contributed by atoms with E-state index in [-0.39, 0.29) is 5.69 Å². The monoisotopic (exact) mass is 404 g/mol. The van der Waals surface area contributed by atoms with E-state index in [4.69, 9.17) is 14.5 Å². The molecule has 2 aromatic heterocycles. The third-order valence-electron chi connectivity index (χ3n) is 5.15. The molecule has 0 aliphatic rings. The first-order valence-corrected chi connectivity index (χ1v) is 9.66. The second-order valence-corrected chi connectivity index (χ2v) is 7.12. The predicted octanol–water partition coefficient (Wildman–Crippen LogP) is 3.77. The van der Waals surface area contributed by atoms with E-state index in [1.165, 1.54) is 9.36 Å². The molecule has 1 N–H and O–H groups in total. The number of ether oxygens (including phenoxy) is 2. The first-order chi connectivity index (χ1) is 14.5. The van der Waals surface area contributed by atoms with Crippen molar-refractivity contribution < 1.29 is 9.47 Å². The molecule has 0 atom stereocenters. The summed E-state index contributed by atoms with van der Waals surface area (Å²) in [5.74, 6) is 1.47. The van der Waals surface area contributed by atoms with Gasteiger partial charge in [-0.05, 0) is 49.7 Å². The summed E-state index contributed by atoms with van der Waals surface area (Å²) in [7, 11) is 3.33. The fourth-order valence-electron chi connectivity index (χ4n) is 3.44. The van der Waals surface area contributed by atoms with E-state index in [0.717, 1.165) is 39.5 Å². The molecule has 0 aliphatic carbocycles. The fourth-order valence-corrected chi connectivity index (χ4v) is 3.44. The molecule has 0 saturated heterocycles. The maximum Gasteiger partial charge on any atom is 0.364 e. The van der Waals surface area contributed by atoms with Gasteiger partial charge in [0, 0.05) is 18.2 Å². The summed E-state index contributed by atoms with van der Waals surface area (Å²) in [4.78, 5) is 16.8. The average Bonchev–Trinajstić information content (AvgIpc) is 2.77. The fraction of sp³-hybridized carbons (Fsp3) is 0.217. The Kier molecular flexibility index (Phi) is 5.18. The number of rotatable bonds is 6. The number of aromatic nitrogens is 4. The second kappa shape index (κ2) is 7.94. The normalized spacial score (nSPS) is 10.9. The SMILES string of the molecule is COc1ccccc1-c1ccc(OCc2c(C)cccc2-n2[nH]n(C)c2=O)c(C)n1. The molecule has 0 aliphatic heterocycles. The largest absolute Gasteiger partial charge is 0.496 e. The Morgan fingerprint density at radius 1 is 1.00 bits per heavy atom. The molecule has 154 valence electrons. The molecule has 0 bridgehead atoms. The second-order valence-electron chi connectivity index (χ2n) is 7.12. The van der Waals surface area contributed by atoms with Crippen molar-refractivity contribution in [2.24, 2.45) is 7.05 Å². The average molecular weight is 404 g/mol. The molecule has 4 rings (SSSR count). The van der Waals surface area contributed by atoms with Crippen LogP contribution < -0.4 is 15.2 Å². The topological polar surface area (TPSA) is 74.1 Å². The summed E-state index contributed by atoms with van der Waals surface area (Å²) < 4.78 is 14.5. The van der Waals surface area contributed by atoms with E-state index >= 15 is 0 Å². The van der Waals surface area contributed by atoms with Crippen molar-refractivity contribution in [2.75, 3.05) is 7.11 Å². The van der Waals surface area contributed by atoms with Crippen LogP contribution in [0.3, 0.4) is 0 Å². The molecule has 0 spiro atoms. The Balaban J connectivity index is 1.60. The number of hydrogen-bond donors (Lipinski definition) is 1. The van der Waals surface area contributed by atoms with E-state index in [0.29, 0.717) is 12.4 Å². The molecule has 0 fully saturated rings. The number of aromatic amines is 1. The Hall–Kier alpha value is -3.74. The van der Waals surface area contributed by atoms with Crippen molar-refractivity contribution in [2.45, 2.75) is 20.5 Å². The van der Waals surface area contributed by atoms with Crippen LogP contribution in [0.5, 0.6) is 11.5 Å². The lowest BCUT2D eigenvalue weighted by Crippen LogP contribution is -2.40. The summed E-state index contributed by atoms with van der Waals surface area (Å²) in [5, 5.41) is 2.96.